The quantitative estimate of drug-likeness (QED) is 0.305. The van der Waals surface area contributed by atoms with Crippen molar-refractivity contribution in [1.82, 2.24) is 20.4 Å². The molecule has 0 radical (unpaired) electrons. The second-order valence-electron chi connectivity index (χ2n) is 6.21. The third-order valence-electron chi connectivity index (χ3n) is 4.07. The molecule has 1 atom stereocenters. The molecule has 0 spiro atoms. The number of aryl methyl sites for hydroxylation is 1. The van der Waals surface area contributed by atoms with E-state index in [9.17, 15) is 0 Å². The Labute approximate surface area is 182 Å². The van der Waals surface area contributed by atoms with Crippen LogP contribution >= 0.6 is 39.9 Å². The molecule has 0 fully saturated rings. The van der Waals surface area contributed by atoms with Crippen molar-refractivity contribution in [3.8, 4) is 0 Å². The molecule has 0 amide bonds. The van der Waals surface area contributed by atoms with Gasteiger partial charge in [-0.05, 0) is 37.0 Å². The molecule has 2 rings (SSSR count). The van der Waals surface area contributed by atoms with Crippen LogP contribution in [0.15, 0.2) is 46.1 Å². The highest BCUT2D eigenvalue weighted by Crippen LogP contribution is 2.16. The van der Waals surface area contributed by atoms with E-state index < -0.39 is 0 Å². The molecule has 2 aromatic rings. The summed E-state index contributed by atoms with van der Waals surface area (Å²) in [5, 5.41) is 11.0. The number of guanidine groups is 1. The number of hydrogen-bond donors (Lipinski definition) is 2. The fourth-order valence-electron chi connectivity index (χ4n) is 2.66. The topological polar surface area (TPSA) is 54.2 Å². The van der Waals surface area contributed by atoms with Crippen LogP contribution in [0.2, 0.25) is 0 Å². The van der Waals surface area contributed by atoms with Gasteiger partial charge in [0.1, 0.15) is 0 Å². The first-order chi connectivity index (χ1) is 12.1. The SMILES string of the molecule is CCNC(=NCc1cnn(C)c1)NCC(CC)Cc1cccc(Br)c1.I. The van der Waals surface area contributed by atoms with Crippen LogP contribution in [0.1, 0.15) is 31.4 Å². The van der Waals surface area contributed by atoms with Gasteiger partial charge in [0, 0.05) is 36.4 Å². The third-order valence-corrected chi connectivity index (χ3v) is 4.56. The second-order valence-corrected chi connectivity index (χ2v) is 7.12. The molecular formula is C19H29BrIN5. The van der Waals surface area contributed by atoms with Crippen LogP contribution in [-0.4, -0.2) is 28.8 Å². The predicted octanol–water partition coefficient (Wildman–Crippen LogP) is 4.12. The van der Waals surface area contributed by atoms with E-state index in [0.29, 0.717) is 12.5 Å². The highest BCUT2D eigenvalue weighted by Gasteiger charge is 2.09. The van der Waals surface area contributed by atoms with Crippen molar-refractivity contribution in [3.63, 3.8) is 0 Å². The molecule has 0 saturated carbocycles. The summed E-state index contributed by atoms with van der Waals surface area (Å²) in [6.45, 7) is 6.71. The lowest BCUT2D eigenvalue weighted by Crippen LogP contribution is -2.40. The van der Waals surface area contributed by atoms with Crippen molar-refractivity contribution >= 4 is 45.9 Å². The Bertz CT molecular complexity index is 686. The van der Waals surface area contributed by atoms with Gasteiger partial charge in [0.05, 0.1) is 12.7 Å². The number of hydrogen-bond acceptors (Lipinski definition) is 2. The van der Waals surface area contributed by atoms with Crippen molar-refractivity contribution < 1.29 is 0 Å². The fourth-order valence-corrected chi connectivity index (χ4v) is 3.11. The summed E-state index contributed by atoms with van der Waals surface area (Å²) in [7, 11) is 1.92. The number of nitrogens with one attached hydrogen (secondary N) is 2. The number of rotatable bonds is 8. The Morgan fingerprint density at radius 1 is 1.27 bits per heavy atom. The molecule has 0 aliphatic rings. The highest BCUT2D eigenvalue weighted by atomic mass is 127. The van der Waals surface area contributed by atoms with Crippen molar-refractivity contribution in [2.45, 2.75) is 33.2 Å². The standard InChI is InChI=1S/C19H28BrN5.HI/c1-4-15(9-16-7-6-8-18(20)10-16)11-22-19(21-5-2)23-12-17-13-24-25(3)14-17;/h6-8,10,13-15H,4-5,9,11-12H2,1-3H3,(H2,21,22,23);1H. The molecule has 1 heterocycles. The summed E-state index contributed by atoms with van der Waals surface area (Å²) >= 11 is 3.55. The maximum absolute atomic E-state index is 4.66. The van der Waals surface area contributed by atoms with E-state index in [0.717, 1.165) is 41.9 Å². The van der Waals surface area contributed by atoms with Crippen molar-refractivity contribution in [2.75, 3.05) is 13.1 Å². The zero-order valence-electron chi connectivity index (χ0n) is 15.7. The maximum Gasteiger partial charge on any atom is 0.191 e. The van der Waals surface area contributed by atoms with E-state index in [1.54, 1.807) is 4.68 Å². The van der Waals surface area contributed by atoms with Crippen LogP contribution in [0.25, 0.3) is 0 Å². The van der Waals surface area contributed by atoms with E-state index in [2.05, 4.69) is 74.8 Å². The first-order valence-corrected chi connectivity index (χ1v) is 9.64. The van der Waals surface area contributed by atoms with E-state index in [1.165, 1.54) is 5.56 Å². The summed E-state index contributed by atoms with van der Waals surface area (Å²) in [6, 6.07) is 8.55. The Morgan fingerprint density at radius 3 is 2.69 bits per heavy atom. The number of nitrogens with zero attached hydrogens (tertiary/aromatic N) is 3. The van der Waals surface area contributed by atoms with Gasteiger partial charge in [-0.15, -0.1) is 24.0 Å². The van der Waals surface area contributed by atoms with Crippen molar-refractivity contribution in [3.05, 3.63) is 52.3 Å². The first kappa shape index (κ1) is 23.0. The molecule has 2 N–H and O–H groups in total. The lowest BCUT2D eigenvalue weighted by molar-refractivity contribution is 0.493. The van der Waals surface area contributed by atoms with Crippen LogP contribution in [0.4, 0.5) is 0 Å². The summed E-state index contributed by atoms with van der Waals surface area (Å²) in [5.41, 5.74) is 2.47. The number of benzene rings is 1. The number of aliphatic imine (C=N–C) groups is 1. The number of aromatic nitrogens is 2. The summed E-state index contributed by atoms with van der Waals surface area (Å²) in [5.74, 6) is 1.43. The molecule has 1 unspecified atom stereocenters. The molecule has 5 nitrogen and oxygen atoms in total. The Morgan fingerprint density at radius 2 is 2.08 bits per heavy atom. The zero-order chi connectivity index (χ0) is 18.1. The monoisotopic (exact) mass is 533 g/mol. The molecule has 26 heavy (non-hydrogen) atoms. The molecule has 1 aromatic carbocycles. The fraction of sp³-hybridized carbons (Fsp3) is 0.474. The van der Waals surface area contributed by atoms with E-state index in [1.807, 2.05) is 19.4 Å². The number of halogens is 2. The largest absolute Gasteiger partial charge is 0.357 e. The van der Waals surface area contributed by atoms with Crippen LogP contribution in [0.5, 0.6) is 0 Å². The molecule has 0 aliphatic carbocycles. The molecule has 7 heteroatoms. The lowest BCUT2D eigenvalue weighted by Gasteiger charge is -2.18. The Balaban J connectivity index is 0.00000338. The van der Waals surface area contributed by atoms with E-state index in [4.69, 9.17) is 0 Å². The average molecular weight is 534 g/mol. The van der Waals surface area contributed by atoms with Crippen LogP contribution in [0.3, 0.4) is 0 Å². The molecule has 144 valence electrons. The highest BCUT2D eigenvalue weighted by molar-refractivity contribution is 14.0. The third kappa shape index (κ3) is 8.07. The van der Waals surface area contributed by atoms with E-state index in [-0.39, 0.29) is 24.0 Å². The summed E-state index contributed by atoms with van der Waals surface area (Å²) in [4.78, 5) is 4.66. The normalized spacial score (nSPS) is 12.4. The Hall–Kier alpha value is -1.09. The molecule has 0 bridgehead atoms. The molecular weight excluding hydrogens is 505 g/mol. The van der Waals surface area contributed by atoms with E-state index >= 15 is 0 Å². The molecule has 1 aromatic heterocycles. The minimum Gasteiger partial charge on any atom is -0.357 e. The van der Waals surface area contributed by atoms with Gasteiger partial charge >= 0.3 is 0 Å². The van der Waals surface area contributed by atoms with Gasteiger partial charge in [-0.3, -0.25) is 4.68 Å². The van der Waals surface area contributed by atoms with Gasteiger partial charge < -0.3 is 10.6 Å². The zero-order valence-corrected chi connectivity index (χ0v) is 19.6. The minimum atomic E-state index is 0. The average Bonchev–Trinajstić information content (AvgIpc) is 3.01. The summed E-state index contributed by atoms with van der Waals surface area (Å²) in [6.07, 6.45) is 6.04. The smallest absolute Gasteiger partial charge is 0.191 e. The van der Waals surface area contributed by atoms with Crippen molar-refractivity contribution in [2.24, 2.45) is 18.0 Å². The first-order valence-electron chi connectivity index (χ1n) is 8.84. The van der Waals surface area contributed by atoms with Gasteiger partial charge in [0.2, 0.25) is 0 Å². The Kier molecular flexibility index (Phi) is 10.9. The second kappa shape index (κ2) is 12.3. The van der Waals surface area contributed by atoms with Crippen molar-refractivity contribution in [1.29, 1.82) is 0 Å². The minimum absolute atomic E-state index is 0. The van der Waals surface area contributed by atoms with Gasteiger partial charge in [-0.2, -0.15) is 5.10 Å². The molecule has 0 saturated heterocycles. The molecule has 0 aliphatic heterocycles. The van der Waals surface area contributed by atoms with Crippen LogP contribution < -0.4 is 10.6 Å². The van der Waals surface area contributed by atoms with Crippen LogP contribution in [-0.2, 0) is 20.0 Å². The van der Waals surface area contributed by atoms with Gasteiger partial charge in [0.25, 0.3) is 0 Å². The van der Waals surface area contributed by atoms with Crippen LogP contribution in [0, 0.1) is 5.92 Å². The van der Waals surface area contributed by atoms with Gasteiger partial charge in [0.15, 0.2) is 5.96 Å². The maximum atomic E-state index is 4.66. The predicted molar refractivity (Wildman–Crippen MR) is 123 cm³/mol. The lowest BCUT2D eigenvalue weighted by atomic mass is 9.97. The summed E-state index contributed by atoms with van der Waals surface area (Å²) < 4.78 is 2.94. The van der Waals surface area contributed by atoms with Gasteiger partial charge in [-0.1, -0.05) is 41.4 Å². The van der Waals surface area contributed by atoms with Gasteiger partial charge in [-0.25, -0.2) is 4.99 Å².